The zero-order valence-electron chi connectivity index (χ0n) is 14.5. The second-order valence-corrected chi connectivity index (χ2v) is 7.01. The van der Waals surface area contributed by atoms with E-state index < -0.39 is 0 Å². The van der Waals surface area contributed by atoms with Crippen LogP contribution in [0.5, 0.6) is 0 Å². The fourth-order valence-electron chi connectivity index (χ4n) is 3.95. The van der Waals surface area contributed by atoms with Crippen molar-refractivity contribution in [1.29, 1.82) is 0 Å². The summed E-state index contributed by atoms with van der Waals surface area (Å²) in [4.78, 5) is 26.9. The highest BCUT2D eigenvalue weighted by Crippen LogP contribution is 2.36. The molecule has 2 heterocycles. The van der Waals surface area contributed by atoms with Gasteiger partial charge in [-0.05, 0) is 38.3 Å². The Morgan fingerprint density at radius 3 is 2.71 bits per heavy atom. The lowest BCUT2D eigenvalue weighted by atomic mass is 9.83. The molecule has 130 valence electrons. The molecule has 2 aliphatic rings. The maximum Gasteiger partial charge on any atom is 0.225 e. The van der Waals surface area contributed by atoms with Crippen LogP contribution in [-0.2, 0) is 9.59 Å². The molecule has 0 spiro atoms. The molecule has 0 radical (unpaired) electrons. The molecule has 5 nitrogen and oxygen atoms in total. The molecule has 0 bridgehead atoms. The number of hydrogen-bond donors (Lipinski definition) is 2. The van der Waals surface area contributed by atoms with Crippen molar-refractivity contribution in [3.05, 3.63) is 35.9 Å². The van der Waals surface area contributed by atoms with Crippen molar-refractivity contribution in [2.24, 2.45) is 5.92 Å². The van der Waals surface area contributed by atoms with E-state index in [1.54, 1.807) is 4.90 Å². The number of amides is 2. The van der Waals surface area contributed by atoms with Crippen LogP contribution in [0.2, 0.25) is 0 Å². The Morgan fingerprint density at radius 1 is 1.25 bits per heavy atom. The van der Waals surface area contributed by atoms with E-state index in [1.165, 1.54) is 0 Å². The summed E-state index contributed by atoms with van der Waals surface area (Å²) in [6, 6.07) is 10.2. The molecular formula is C19H27N3O2. The van der Waals surface area contributed by atoms with Crippen LogP contribution in [0, 0.1) is 5.92 Å². The van der Waals surface area contributed by atoms with Crippen molar-refractivity contribution in [2.75, 3.05) is 13.6 Å². The second kappa shape index (κ2) is 7.34. The van der Waals surface area contributed by atoms with Crippen LogP contribution in [0.25, 0.3) is 0 Å². The third-order valence-electron chi connectivity index (χ3n) is 5.43. The van der Waals surface area contributed by atoms with Gasteiger partial charge in [-0.2, -0.15) is 0 Å². The molecule has 0 aromatic heterocycles. The summed E-state index contributed by atoms with van der Waals surface area (Å²) in [5, 5.41) is 6.65. The summed E-state index contributed by atoms with van der Waals surface area (Å²) >= 11 is 0. The summed E-state index contributed by atoms with van der Waals surface area (Å²) in [6.07, 6.45) is 3.15. The van der Waals surface area contributed by atoms with E-state index in [-0.39, 0.29) is 29.8 Å². The lowest BCUT2D eigenvalue weighted by Crippen LogP contribution is -2.55. The molecule has 1 aromatic carbocycles. The number of hydrogen-bond acceptors (Lipinski definition) is 3. The first-order valence-corrected chi connectivity index (χ1v) is 8.92. The van der Waals surface area contributed by atoms with Crippen molar-refractivity contribution < 1.29 is 9.59 Å². The Balaban J connectivity index is 1.78. The summed E-state index contributed by atoms with van der Waals surface area (Å²) < 4.78 is 0. The number of nitrogens with one attached hydrogen (secondary N) is 2. The first kappa shape index (κ1) is 17.0. The average molecular weight is 329 g/mol. The quantitative estimate of drug-likeness (QED) is 0.890. The van der Waals surface area contributed by atoms with E-state index in [2.05, 4.69) is 17.6 Å². The molecule has 24 heavy (non-hydrogen) atoms. The van der Waals surface area contributed by atoms with E-state index in [0.717, 1.165) is 24.9 Å². The lowest BCUT2D eigenvalue weighted by molar-refractivity contribution is -0.142. The van der Waals surface area contributed by atoms with Crippen LogP contribution in [-0.4, -0.2) is 42.4 Å². The predicted molar refractivity (Wildman–Crippen MR) is 93.3 cm³/mol. The maximum absolute atomic E-state index is 13.0. The summed E-state index contributed by atoms with van der Waals surface area (Å²) in [5.41, 5.74) is 1.03. The van der Waals surface area contributed by atoms with Crippen molar-refractivity contribution in [2.45, 2.75) is 50.7 Å². The summed E-state index contributed by atoms with van der Waals surface area (Å²) in [5.74, 6) is -0.00594. The highest BCUT2D eigenvalue weighted by molar-refractivity contribution is 5.85. The van der Waals surface area contributed by atoms with Gasteiger partial charge in [0.15, 0.2) is 0 Å². The molecule has 4 unspecified atom stereocenters. The van der Waals surface area contributed by atoms with Crippen LogP contribution in [0.4, 0.5) is 0 Å². The highest BCUT2D eigenvalue weighted by atomic mass is 16.2. The second-order valence-electron chi connectivity index (χ2n) is 7.01. The molecule has 0 saturated carbocycles. The molecule has 2 fully saturated rings. The summed E-state index contributed by atoms with van der Waals surface area (Å²) in [6.45, 7) is 3.14. The van der Waals surface area contributed by atoms with Crippen LogP contribution in [0.3, 0.4) is 0 Å². The van der Waals surface area contributed by atoms with Gasteiger partial charge in [-0.3, -0.25) is 9.59 Å². The zero-order valence-corrected chi connectivity index (χ0v) is 14.5. The van der Waals surface area contributed by atoms with Crippen LogP contribution < -0.4 is 10.6 Å². The monoisotopic (exact) mass is 329 g/mol. The minimum Gasteiger partial charge on any atom is -0.351 e. The fraction of sp³-hybridized carbons (Fsp3) is 0.579. The largest absolute Gasteiger partial charge is 0.351 e. The van der Waals surface area contributed by atoms with E-state index in [1.807, 2.05) is 37.4 Å². The van der Waals surface area contributed by atoms with Gasteiger partial charge in [0.25, 0.3) is 0 Å². The number of carbonyl (C=O) groups excluding carboxylic acids is 2. The fourth-order valence-corrected chi connectivity index (χ4v) is 3.95. The Hall–Kier alpha value is -1.88. The minimum absolute atomic E-state index is 0.0729. The molecular weight excluding hydrogens is 302 g/mol. The Bertz CT molecular complexity index is 590. The SMILES string of the molecule is CC1NCCCC1NC(=O)C1CCC(=O)N(C)C1c1ccccc1. The van der Waals surface area contributed by atoms with Crippen molar-refractivity contribution in [1.82, 2.24) is 15.5 Å². The van der Waals surface area contributed by atoms with Gasteiger partial charge < -0.3 is 15.5 Å². The molecule has 5 heteroatoms. The summed E-state index contributed by atoms with van der Waals surface area (Å²) in [7, 11) is 1.81. The van der Waals surface area contributed by atoms with Gasteiger partial charge in [-0.1, -0.05) is 30.3 Å². The smallest absolute Gasteiger partial charge is 0.225 e. The Labute approximate surface area is 143 Å². The van der Waals surface area contributed by atoms with E-state index >= 15 is 0 Å². The van der Waals surface area contributed by atoms with Gasteiger partial charge in [0, 0.05) is 25.6 Å². The van der Waals surface area contributed by atoms with Crippen LogP contribution in [0.15, 0.2) is 30.3 Å². The number of carbonyl (C=O) groups is 2. The Morgan fingerprint density at radius 2 is 2.00 bits per heavy atom. The van der Waals surface area contributed by atoms with Crippen LogP contribution in [0.1, 0.15) is 44.2 Å². The first-order chi connectivity index (χ1) is 11.6. The molecule has 2 aliphatic heterocycles. The molecule has 2 amide bonds. The minimum atomic E-state index is -0.191. The van der Waals surface area contributed by atoms with Crippen molar-refractivity contribution in [3.63, 3.8) is 0 Å². The van der Waals surface area contributed by atoms with Crippen LogP contribution >= 0.6 is 0 Å². The topological polar surface area (TPSA) is 61.4 Å². The highest BCUT2D eigenvalue weighted by Gasteiger charge is 2.39. The number of likely N-dealkylation sites (tertiary alicyclic amines) is 1. The van der Waals surface area contributed by atoms with E-state index in [0.29, 0.717) is 18.9 Å². The lowest BCUT2D eigenvalue weighted by Gasteiger charge is -2.40. The van der Waals surface area contributed by atoms with E-state index in [9.17, 15) is 9.59 Å². The predicted octanol–water partition coefficient (Wildman–Crippen LogP) is 1.85. The molecule has 3 rings (SSSR count). The van der Waals surface area contributed by atoms with Crippen molar-refractivity contribution in [3.8, 4) is 0 Å². The molecule has 2 N–H and O–H groups in total. The van der Waals surface area contributed by atoms with Gasteiger partial charge in [-0.15, -0.1) is 0 Å². The zero-order chi connectivity index (χ0) is 17.1. The van der Waals surface area contributed by atoms with Gasteiger partial charge in [0.2, 0.25) is 11.8 Å². The maximum atomic E-state index is 13.0. The van der Waals surface area contributed by atoms with Gasteiger partial charge in [0.1, 0.15) is 0 Å². The van der Waals surface area contributed by atoms with Gasteiger partial charge >= 0.3 is 0 Å². The van der Waals surface area contributed by atoms with E-state index in [4.69, 9.17) is 0 Å². The molecule has 1 aromatic rings. The first-order valence-electron chi connectivity index (χ1n) is 8.92. The third kappa shape index (κ3) is 3.46. The number of benzene rings is 1. The average Bonchev–Trinajstić information content (AvgIpc) is 2.60. The molecule has 2 saturated heterocycles. The van der Waals surface area contributed by atoms with Crippen molar-refractivity contribution >= 4 is 11.8 Å². The number of piperidine rings is 2. The van der Waals surface area contributed by atoms with Gasteiger partial charge in [-0.25, -0.2) is 0 Å². The number of rotatable bonds is 3. The third-order valence-corrected chi connectivity index (χ3v) is 5.43. The Kier molecular flexibility index (Phi) is 5.19. The normalized spacial score (nSPS) is 30.9. The molecule has 0 aliphatic carbocycles. The standard InChI is InChI=1S/C19H27N3O2/c1-13-16(9-6-12-20-13)21-19(24)15-10-11-17(23)22(2)18(15)14-7-4-3-5-8-14/h3-5,7-8,13,15-16,18,20H,6,9-12H2,1-2H3,(H,21,24). The van der Waals surface area contributed by atoms with Gasteiger partial charge in [0.05, 0.1) is 12.0 Å². The number of nitrogens with zero attached hydrogens (tertiary/aromatic N) is 1. The molecule has 4 atom stereocenters.